The molecule has 0 radical (unpaired) electrons. The van der Waals surface area contributed by atoms with Gasteiger partial charge in [0.15, 0.2) is 0 Å². The van der Waals surface area contributed by atoms with Gasteiger partial charge in [0.2, 0.25) is 5.91 Å². The van der Waals surface area contributed by atoms with E-state index in [2.05, 4.69) is 20.9 Å². The summed E-state index contributed by atoms with van der Waals surface area (Å²) in [5, 5.41) is 11.0. The minimum atomic E-state index is -0.501. The van der Waals surface area contributed by atoms with Crippen molar-refractivity contribution in [1.29, 1.82) is 0 Å². The number of nitrogens with one attached hydrogen (secondary N) is 3. The maximum absolute atomic E-state index is 12.4. The Labute approximate surface area is 160 Å². The molecule has 2 heterocycles. The van der Waals surface area contributed by atoms with E-state index in [4.69, 9.17) is 0 Å². The summed E-state index contributed by atoms with van der Waals surface area (Å²) in [6.45, 7) is 9.74. The van der Waals surface area contributed by atoms with Crippen molar-refractivity contribution < 1.29 is 9.59 Å². The van der Waals surface area contributed by atoms with E-state index in [1.54, 1.807) is 6.07 Å². The van der Waals surface area contributed by atoms with E-state index in [0.29, 0.717) is 11.4 Å². The maximum atomic E-state index is 12.4. The van der Waals surface area contributed by atoms with Gasteiger partial charge in [-0.25, -0.2) is 0 Å². The second kappa shape index (κ2) is 11.5. The highest BCUT2D eigenvalue weighted by atomic mass is 35.5. The number of halogens is 1. The van der Waals surface area contributed by atoms with E-state index in [-0.39, 0.29) is 30.1 Å². The second-order valence-corrected chi connectivity index (χ2v) is 7.36. The normalized spacial score (nSPS) is 16.1. The number of hydrogen-bond acceptors (Lipinski definition) is 5. The number of carbonyl (C=O) groups excluding carboxylic acids is 2. The summed E-state index contributed by atoms with van der Waals surface area (Å²) in [6.07, 6.45) is 0.926. The quantitative estimate of drug-likeness (QED) is 0.587. The van der Waals surface area contributed by atoms with Crippen LogP contribution in [-0.4, -0.2) is 62.0 Å². The predicted octanol–water partition coefficient (Wildman–Crippen LogP) is 1.34. The number of thiophene rings is 1. The van der Waals surface area contributed by atoms with Gasteiger partial charge >= 0.3 is 0 Å². The first kappa shape index (κ1) is 21.9. The van der Waals surface area contributed by atoms with Crippen LogP contribution >= 0.6 is 23.7 Å². The summed E-state index contributed by atoms with van der Waals surface area (Å²) in [6, 6.07) is 3.10. The zero-order valence-corrected chi connectivity index (χ0v) is 16.5. The SMILES string of the molecule is CC(C)C(NC(=O)c1cccs1)C(=O)NCCCN1CCNCC1.Cl. The molecular formula is C17H29ClN4O2S. The fourth-order valence-electron chi connectivity index (χ4n) is 2.71. The average Bonchev–Trinajstić information content (AvgIpc) is 3.11. The number of amides is 2. The van der Waals surface area contributed by atoms with Gasteiger partial charge in [0, 0.05) is 32.7 Å². The van der Waals surface area contributed by atoms with Crippen molar-refractivity contribution in [3.8, 4) is 0 Å². The third-order valence-corrected chi connectivity index (χ3v) is 5.01. The van der Waals surface area contributed by atoms with Crippen LogP contribution in [0.1, 0.15) is 29.9 Å². The average molecular weight is 389 g/mol. The highest BCUT2D eigenvalue weighted by Gasteiger charge is 2.24. The maximum Gasteiger partial charge on any atom is 0.262 e. The molecule has 0 spiro atoms. The molecule has 0 saturated carbocycles. The summed E-state index contributed by atoms with van der Waals surface area (Å²) < 4.78 is 0. The number of carbonyl (C=O) groups is 2. The Bertz CT molecular complexity index is 519. The molecule has 8 heteroatoms. The third kappa shape index (κ3) is 7.32. The summed E-state index contributed by atoms with van der Waals surface area (Å²) >= 11 is 1.38. The van der Waals surface area contributed by atoms with E-state index in [1.165, 1.54) is 11.3 Å². The van der Waals surface area contributed by atoms with E-state index in [1.807, 2.05) is 25.3 Å². The molecule has 0 bridgehead atoms. The largest absolute Gasteiger partial charge is 0.354 e. The Morgan fingerprint density at radius 3 is 2.64 bits per heavy atom. The lowest BCUT2D eigenvalue weighted by molar-refractivity contribution is -0.123. The zero-order valence-electron chi connectivity index (χ0n) is 14.9. The number of hydrogen-bond donors (Lipinski definition) is 3. The van der Waals surface area contributed by atoms with Crippen molar-refractivity contribution in [2.45, 2.75) is 26.3 Å². The van der Waals surface area contributed by atoms with Gasteiger partial charge in [-0.3, -0.25) is 9.59 Å². The van der Waals surface area contributed by atoms with Crippen molar-refractivity contribution in [2.24, 2.45) is 5.92 Å². The molecule has 1 aliphatic heterocycles. The Balaban J connectivity index is 0.00000312. The van der Waals surface area contributed by atoms with Crippen LogP contribution in [-0.2, 0) is 4.79 Å². The van der Waals surface area contributed by atoms with Crippen LogP contribution in [0.2, 0.25) is 0 Å². The first-order valence-corrected chi connectivity index (χ1v) is 9.51. The summed E-state index contributed by atoms with van der Waals surface area (Å²) in [5.74, 6) is -0.239. The van der Waals surface area contributed by atoms with Crippen LogP contribution in [0.25, 0.3) is 0 Å². The lowest BCUT2D eigenvalue weighted by atomic mass is 10.0. The topological polar surface area (TPSA) is 73.5 Å². The highest BCUT2D eigenvalue weighted by molar-refractivity contribution is 7.12. The molecule has 1 aromatic rings. The molecule has 1 saturated heterocycles. The number of piperazine rings is 1. The van der Waals surface area contributed by atoms with Crippen molar-refractivity contribution in [3.63, 3.8) is 0 Å². The van der Waals surface area contributed by atoms with Crippen molar-refractivity contribution in [1.82, 2.24) is 20.9 Å². The molecule has 0 aliphatic carbocycles. The Hall–Kier alpha value is -1.15. The molecule has 1 aromatic heterocycles. The zero-order chi connectivity index (χ0) is 17.4. The smallest absolute Gasteiger partial charge is 0.262 e. The number of nitrogens with zero attached hydrogens (tertiary/aromatic N) is 1. The minimum absolute atomic E-state index is 0. The molecule has 1 aliphatic rings. The van der Waals surface area contributed by atoms with E-state index in [9.17, 15) is 9.59 Å². The molecule has 6 nitrogen and oxygen atoms in total. The fourth-order valence-corrected chi connectivity index (χ4v) is 3.34. The van der Waals surface area contributed by atoms with Gasteiger partial charge < -0.3 is 20.9 Å². The lowest BCUT2D eigenvalue weighted by Crippen LogP contribution is -2.50. The van der Waals surface area contributed by atoms with Gasteiger partial charge in [0.05, 0.1) is 4.88 Å². The molecule has 3 N–H and O–H groups in total. The minimum Gasteiger partial charge on any atom is -0.354 e. The Morgan fingerprint density at radius 1 is 1.32 bits per heavy atom. The van der Waals surface area contributed by atoms with Gasteiger partial charge in [0.1, 0.15) is 6.04 Å². The van der Waals surface area contributed by atoms with E-state index < -0.39 is 6.04 Å². The van der Waals surface area contributed by atoms with E-state index >= 15 is 0 Å². The van der Waals surface area contributed by atoms with Gasteiger partial charge in [-0.1, -0.05) is 19.9 Å². The summed E-state index contributed by atoms with van der Waals surface area (Å²) in [5.41, 5.74) is 0. The Kier molecular flexibility index (Phi) is 10.0. The van der Waals surface area contributed by atoms with Crippen LogP contribution in [0.3, 0.4) is 0 Å². The molecule has 0 aromatic carbocycles. The standard InChI is InChI=1S/C17H28N4O2S.ClH/c1-13(2)15(20-16(22)14-5-3-12-24-14)17(23)19-6-4-9-21-10-7-18-8-11-21;/h3,5,12-13,15,18H,4,6-11H2,1-2H3,(H,19,23)(H,20,22);1H. The van der Waals surface area contributed by atoms with Crippen LogP contribution in [0.4, 0.5) is 0 Å². The number of rotatable bonds is 8. The first-order chi connectivity index (χ1) is 11.6. The first-order valence-electron chi connectivity index (χ1n) is 8.63. The molecule has 1 atom stereocenters. The Morgan fingerprint density at radius 2 is 2.04 bits per heavy atom. The van der Waals surface area contributed by atoms with Crippen LogP contribution < -0.4 is 16.0 Å². The second-order valence-electron chi connectivity index (χ2n) is 6.41. The van der Waals surface area contributed by atoms with Gasteiger partial charge in [0.25, 0.3) is 5.91 Å². The molecule has 2 rings (SSSR count). The summed E-state index contributed by atoms with van der Waals surface area (Å²) in [4.78, 5) is 27.6. The van der Waals surface area contributed by atoms with Gasteiger partial charge in [-0.15, -0.1) is 23.7 Å². The monoisotopic (exact) mass is 388 g/mol. The highest BCUT2D eigenvalue weighted by Crippen LogP contribution is 2.10. The molecule has 1 unspecified atom stereocenters. The molecule has 25 heavy (non-hydrogen) atoms. The van der Waals surface area contributed by atoms with Gasteiger partial charge in [-0.05, 0) is 30.3 Å². The molecular weight excluding hydrogens is 360 g/mol. The van der Waals surface area contributed by atoms with Crippen molar-refractivity contribution in [2.75, 3.05) is 39.3 Å². The third-order valence-electron chi connectivity index (χ3n) is 4.14. The lowest BCUT2D eigenvalue weighted by Gasteiger charge is -2.27. The van der Waals surface area contributed by atoms with Crippen LogP contribution in [0.15, 0.2) is 17.5 Å². The van der Waals surface area contributed by atoms with Crippen molar-refractivity contribution >= 4 is 35.6 Å². The van der Waals surface area contributed by atoms with Crippen LogP contribution in [0, 0.1) is 5.92 Å². The molecule has 2 amide bonds. The van der Waals surface area contributed by atoms with Crippen LogP contribution in [0.5, 0.6) is 0 Å². The molecule has 142 valence electrons. The fraction of sp³-hybridized carbons (Fsp3) is 0.647. The predicted molar refractivity (Wildman–Crippen MR) is 105 cm³/mol. The van der Waals surface area contributed by atoms with Crippen molar-refractivity contribution in [3.05, 3.63) is 22.4 Å². The van der Waals surface area contributed by atoms with Gasteiger partial charge in [-0.2, -0.15) is 0 Å². The summed E-state index contributed by atoms with van der Waals surface area (Å²) in [7, 11) is 0. The van der Waals surface area contributed by atoms with E-state index in [0.717, 1.165) is 39.1 Å². The molecule has 1 fully saturated rings.